The van der Waals surface area contributed by atoms with E-state index < -0.39 is 11.8 Å². The SMILES string of the molecule is CCC1(CC)CC(O)N([C@@H]2CCOc3ccc(C(=O)N[C@@H]4CC(C)(C)Oc5ccccc54)nc32)C(N)=N1. The standard InChI is InChI=1S/C28H37N5O4/c1-5-28(6-2)16-23(34)33(26(29)32-28)20-13-14-36-22-12-11-18(30-24(20)22)25(35)31-19-15-27(3,4)37-21-10-8-7-9-17(19)21/h7-12,19-20,23,34H,5-6,13-16H2,1-4H3,(H2,29,32)(H,31,35)/t19-,20-,23?/m1/s1. The van der Waals surface area contributed by atoms with E-state index >= 15 is 0 Å². The summed E-state index contributed by atoms with van der Waals surface area (Å²) in [5.74, 6) is 1.40. The quantitative estimate of drug-likeness (QED) is 0.562. The third-order valence-corrected chi connectivity index (χ3v) is 7.92. The van der Waals surface area contributed by atoms with Gasteiger partial charge in [0.1, 0.15) is 34.7 Å². The second-order valence-electron chi connectivity index (χ2n) is 10.9. The molecule has 0 fully saturated rings. The zero-order valence-electron chi connectivity index (χ0n) is 22.0. The molecule has 1 aromatic heterocycles. The summed E-state index contributed by atoms with van der Waals surface area (Å²) in [6, 6.07) is 10.7. The number of carbonyl (C=O) groups is 1. The Balaban J connectivity index is 1.43. The molecule has 2 aromatic rings. The molecule has 3 atom stereocenters. The molecule has 198 valence electrons. The van der Waals surface area contributed by atoms with Crippen molar-refractivity contribution in [2.24, 2.45) is 10.7 Å². The summed E-state index contributed by atoms with van der Waals surface area (Å²) < 4.78 is 12.0. The Bertz CT molecular complexity index is 1210. The highest BCUT2D eigenvalue weighted by Gasteiger charge is 2.42. The number of hydrogen-bond acceptors (Lipinski definition) is 8. The highest BCUT2D eigenvalue weighted by molar-refractivity contribution is 5.93. The maximum Gasteiger partial charge on any atom is 0.270 e. The van der Waals surface area contributed by atoms with E-state index in [4.69, 9.17) is 25.2 Å². The first-order valence-electron chi connectivity index (χ1n) is 13.2. The molecule has 1 unspecified atom stereocenters. The van der Waals surface area contributed by atoms with Crippen molar-refractivity contribution >= 4 is 11.9 Å². The zero-order chi connectivity index (χ0) is 26.4. The number of ether oxygens (including phenoxy) is 2. The van der Waals surface area contributed by atoms with E-state index in [-0.39, 0.29) is 29.2 Å². The van der Waals surface area contributed by atoms with Crippen LogP contribution in [0.5, 0.6) is 11.5 Å². The lowest BCUT2D eigenvalue weighted by atomic mass is 9.86. The maximum absolute atomic E-state index is 13.4. The van der Waals surface area contributed by atoms with Gasteiger partial charge < -0.3 is 30.5 Å². The summed E-state index contributed by atoms with van der Waals surface area (Å²) in [6.07, 6.45) is 2.50. The van der Waals surface area contributed by atoms with Gasteiger partial charge in [-0.25, -0.2) is 9.98 Å². The van der Waals surface area contributed by atoms with Gasteiger partial charge in [-0.3, -0.25) is 4.79 Å². The van der Waals surface area contributed by atoms with Crippen molar-refractivity contribution in [1.82, 2.24) is 15.2 Å². The lowest BCUT2D eigenvalue weighted by Crippen LogP contribution is -2.55. The number of para-hydroxylation sites is 1. The van der Waals surface area contributed by atoms with Crippen LogP contribution in [-0.4, -0.2) is 50.8 Å². The minimum absolute atomic E-state index is 0.208. The number of aliphatic hydroxyl groups excluding tert-OH is 1. The molecule has 1 aromatic carbocycles. The number of aromatic nitrogens is 1. The second-order valence-corrected chi connectivity index (χ2v) is 10.9. The molecule has 0 radical (unpaired) electrons. The van der Waals surface area contributed by atoms with Crippen LogP contribution >= 0.6 is 0 Å². The Morgan fingerprint density at radius 1 is 1.16 bits per heavy atom. The summed E-state index contributed by atoms with van der Waals surface area (Å²) in [4.78, 5) is 24.7. The number of pyridine rings is 1. The molecule has 3 aliphatic heterocycles. The summed E-state index contributed by atoms with van der Waals surface area (Å²) in [7, 11) is 0. The first-order chi connectivity index (χ1) is 17.6. The number of nitrogens with one attached hydrogen (secondary N) is 1. The number of rotatable bonds is 5. The highest BCUT2D eigenvalue weighted by atomic mass is 16.5. The minimum Gasteiger partial charge on any atom is -0.491 e. The largest absolute Gasteiger partial charge is 0.491 e. The van der Waals surface area contributed by atoms with Crippen LogP contribution in [0.1, 0.15) is 93.6 Å². The molecule has 0 spiro atoms. The fraction of sp³-hybridized carbons (Fsp3) is 0.536. The van der Waals surface area contributed by atoms with E-state index in [1.807, 2.05) is 38.1 Å². The third-order valence-electron chi connectivity index (χ3n) is 7.92. The van der Waals surface area contributed by atoms with Crippen molar-refractivity contribution in [2.75, 3.05) is 6.61 Å². The van der Waals surface area contributed by atoms with Gasteiger partial charge in [0.2, 0.25) is 0 Å². The van der Waals surface area contributed by atoms with Crippen LogP contribution in [0.25, 0.3) is 0 Å². The molecule has 3 aliphatic rings. The maximum atomic E-state index is 13.4. The molecular formula is C28H37N5O4. The van der Waals surface area contributed by atoms with Crippen LogP contribution in [0.3, 0.4) is 0 Å². The first-order valence-corrected chi connectivity index (χ1v) is 13.2. The van der Waals surface area contributed by atoms with Crippen LogP contribution < -0.4 is 20.5 Å². The predicted octanol–water partition coefficient (Wildman–Crippen LogP) is 3.84. The lowest BCUT2D eigenvalue weighted by Gasteiger charge is -2.45. The molecule has 0 saturated carbocycles. The molecule has 0 bridgehead atoms. The number of nitrogens with two attached hydrogens (primary N) is 1. The molecule has 0 saturated heterocycles. The van der Waals surface area contributed by atoms with Gasteiger partial charge in [-0.1, -0.05) is 32.0 Å². The van der Waals surface area contributed by atoms with E-state index in [0.29, 0.717) is 43.3 Å². The normalized spacial score (nSPS) is 25.6. The van der Waals surface area contributed by atoms with Crippen LogP contribution in [0.2, 0.25) is 0 Å². The van der Waals surface area contributed by atoms with Crippen LogP contribution in [-0.2, 0) is 0 Å². The lowest BCUT2D eigenvalue weighted by molar-refractivity contribution is -0.0202. The molecule has 1 amide bonds. The predicted molar refractivity (Wildman–Crippen MR) is 140 cm³/mol. The summed E-state index contributed by atoms with van der Waals surface area (Å²) in [5, 5.41) is 14.3. The van der Waals surface area contributed by atoms with Gasteiger partial charge >= 0.3 is 0 Å². The number of carbonyl (C=O) groups excluding carboxylic acids is 1. The van der Waals surface area contributed by atoms with Crippen molar-refractivity contribution in [1.29, 1.82) is 0 Å². The van der Waals surface area contributed by atoms with Crippen LogP contribution in [0.15, 0.2) is 41.4 Å². The van der Waals surface area contributed by atoms with Gasteiger partial charge in [-0.15, -0.1) is 0 Å². The number of hydrogen-bond donors (Lipinski definition) is 3. The average Bonchev–Trinajstić information content (AvgIpc) is 2.87. The number of guanidine groups is 1. The first kappa shape index (κ1) is 25.3. The van der Waals surface area contributed by atoms with E-state index in [1.54, 1.807) is 17.0 Å². The molecule has 4 N–H and O–H groups in total. The zero-order valence-corrected chi connectivity index (χ0v) is 22.0. The smallest absolute Gasteiger partial charge is 0.270 e. The third kappa shape index (κ3) is 4.72. The Kier molecular flexibility index (Phi) is 6.52. The van der Waals surface area contributed by atoms with Crippen molar-refractivity contribution in [3.05, 3.63) is 53.3 Å². The van der Waals surface area contributed by atoms with Crippen LogP contribution in [0, 0.1) is 0 Å². The van der Waals surface area contributed by atoms with Gasteiger partial charge in [-0.05, 0) is 44.9 Å². The van der Waals surface area contributed by atoms with Crippen molar-refractivity contribution < 1.29 is 19.4 Å². The van der Waals surface area contributed by atoms with E-state index in [1.165, 1.54) is 0 Å². The van der Waals surface area contributed by atoms with Gasteiger partial charge in [0.25, 0.3) is 5.91 Å². The fourth-order valence-electron chi connectivity index (χ4n) is 5.80. The molecule has 4 heterocycles. The monoisotopic (exact) mass is 507 g/mol. The number of aliphatic hydroxyl groups is 1. The average molecular weight is 508 g/mol. The molecule has 9 nitrogen and oxygen atoms in total. The minimum atomic E-state index is -0.798. The highest BCUT2D eigenvalue weighted by Crippen LogP contribution is 2.41. The molecule has 9 heteroatoms. The molecule has 5 rings (SSSR count). The van der Waals surface area contributed by atoms with Crippen molar-refractivity contribution in [3.8, 4) is 11.5 Å². The van der Waals surface area contributed by atoms with Gasteiger partial charge in [-0.2, -0.15) is 0 Å². The number of benzene rings is 1. The van der Waals surface area contributed by atoms with E-state index in [2.05, 4.69) is 19.2 Å². The van der Waals surface area contributed by atoms with Crippen molar-refractivity contribution in [2.45, 2.75) is 89.3 Å². The fourth-order valence-corrected chi connectivity index (χ4v) is 5.80. The molecule has 0 aliphatic carbocycles. The number of fused-ring (bicyclic) bond motifs is 2. The Morgan fingerprint density at radius 3 is 2.65 bits per heavy atom. The van der Waals surface area contributed by atoms with Gasteiger partial charge in [0.05, 0.1) is 24.2 Å². The van der Waals surface area contributed by atoms with E-state index in [0.717, 1.165) is 24.2 Å². The Hall–Kier alpha value is -3.33. The Morgan fingerprint density at radius 2 is 1.92 bits per heavy atom. The number of aliphatic imine (C=N–C) groups is 1. The van der Waals surface area contributed by atoms with E-state index in [9.17, 15) is 9.90 Å². The van der Waals surface area contributed by atoms with Crippen LogP contribution in [0.4, 0.5) is 0 Å². The summed E-state index contributed by atoms with van der Waals surface area (Å²) in [6.45, 7) is 8.63. The number of nitrogens with zero attached hydrogens (tertiary/aromatic N) is 3. The molecular weight excluding hydrogens is 470 g/mol. The van der Waals surface area contributed by atoms with Crippen molar-refractivity contribution in [3.63, 3.8) is 0 Å². The molecule has 37 heavy (non-hydrogen) atoms. The topological polar surface area (TPSA) is 122 Å². The Labute approximate surface area is 218 Å². The summed E-state index contributed by atoms with van der Waals surface area (Å²) >= 11 is 0. The van der Waals surface area contributed by atoms with Gasteiger partial charge in [0, 0.05) is 24.8 Å². The number of amides is 1. The summed E-state index contributed by atoms with van der Waals surface area (Å²) in [5.41, 5.74) is 7.48. The van der Waals surface area contributed by atoms with Gasteiger partial charge in [0.15, 0.2) is 5.96 Å². The second kappa shape index (κ2) is 9.52.